The van der Waals surface area contributed by atoms with Crippen LogP contribution in [0.3, 0.4) is 0 Å². The first kappa shape index (κ1) is 24.2. The van der Waals surface area contributed by atoms with E-state index in [4.69, 9.17) is 9.52 Å². The zero-order valence-electron chi connectivity index (χ0n) is 18.5. The number of carbonyl (C=O) groups is 2. The lowest BCUT2D eigenvalue weighted by Gasteiger charge is -2.33. The fraction of sp³-hybridized carbons (Fsp3) is 0.240. The summed E-state index contributed by atoms with van der Waals surface area (Å²) in [6.45, 7) is 2.25. The highest BCUT2D eigenvalue weighted by atomic mass is 19.4. The van der Waals surface area contributed by atoms with Crippen molar-refractivity contribution in [2.75, 3.05) is 26.2 Å². The van der Waals surface area contributed by atoms with Gasteiger partial charge in [0.1, 0.15) is 6.26 Å². The Morgan fingerprint density at radius 2 is 1.60 bits per heavy atom. The monoisotopic (exact) mass is 485 g/mol. The van der Waals surface area contributed by atoms with Gasteiger partial charge in [-0.15, -0.1) is 0 Å². The minimum atomic E-state index is -4.44. The van der Waals surface area contributed by atoms with Crippen LogP contribution in [0.2, 0.25) is 0 Å². The zero-order chi connectivity index (χ0) is 25.0. The summed E-state index contributed by atoms with van der Waals surface area (Å²) < 4.78 is 44.2. The molecule has 35 heavy (non-hydrogen) atoms. The second-order valence-corrected chi connectivity index (χ2v) is 8.03. The molecule has 10 heteroatoms. The van der Waals surface area contributed by atoms with Gasteiger partial charge in [0.2, 0.25) is 11.8 Å². The molecule has 0 aliphatic carbocycles. The quantitative estimate of drug-likeness (QED) is 0.528. The number of rotatable bonds is 6. The fourth-order valence-electron chi connectivity index (χ4n) is 3.80. The Kier molecular flexibility index (Phi) is 7.02. The average Bonchev–Trinajstić information content (AvgIpc) is 3.32. The molecule has 0 radical (unpaired) electrons. The average molecular weight is 485 g/mol. The molecule has 0 unspecified atom stereocenters. The van der Waals surface area contributed by atoms with Gasteiger partial charge in [0.25, 0.3) is 0 Å². The van der Waals surface area contributed by atoms with Crippen LogP contribution >= 0.6 is 0 Å². The number of alkyl halides is 3. The number of carboxylic acid groups (broad SMARTS) is 1. The number of piperazine rings is 1. The summed E-state index contributed by atoms with van der Waals surface area (Å²) in [7, 11) is 0. The number of aromatic nitrogens is 1. The first-order chi connectivity index (χ1) is 16.7. The zero-order valence-corrected chi connectivity index (χ0v) is 18.5. The Labute approximate surface area is 199 Å². The molecule has 2 aromatic carbocycles. The van der Waals surface area contributed by atoms with E-state index in [1.807, 2.05) is 11.0 Å². The van der Waals surface area contributed by atoms with Gasteiger partial charge >= 0.3 is 12.1 Å². The van der Waals surface area contributed by atoms with Crippen molar-refractivity contribution in [3.05, 3.63) is 95.2 Å². The van der Waals surface area contributed by atoms with Gasteiger partial charge in [0, 0.05) is 32.3 Å². The predicted octanol–water partition coefficient (Wildman–Crippen LogP) is 4.17. The molecule has 0 spiro atoms. The maximum atomic E-state index is 13.1. The number of oxazole rings is 1. The first-order valence-electron chi connectivity index (χ1n) is 10.8. The summed E-state index contributed by atoms with van der Waals surface area (Å²) in [5.41, 5.74) is 0.854. The molecule has 7 nitrogen and oxygen atoms in total. The van der Waals surface area contributed by atoms with Crippen molar-refractivity contribution in [2.24, 2.45) is 0 Å². The molecule has 0 bridgehead atoms. The number of carboxylic acids is 1. The third kappa shape index (κ3) is 5.96. The Morgan fingerprint density at radius 3 is 2.17 bits per heavy atom. The standard InChI is InChI=1S/C25H22F3N3O4/c26-25(27,28)19-8-6-18(7-9-19)20(17-4-2-1-3-5-17)14-23(32)31-12-10-30(11-13-31)15-22-29-21(16-35-22)24(33)34/h1-9,14,16H,10-13,15H2,(H,33,34)/b20-14+. The molecule has 1 aliphatic heterocycles. The van der Waals surface area contributed by atoms with E-state index >= 15 is 0 Å². The molecule has 0 saturated carbocycles. The maximum Gasteiger partial charge on any atom is 0.416 e. The van der Waals surface area contributed by atoms with Gasteiger partial charge < -0.3 is 14.4 Å². The van der Waals surface area contributed by atoms with Gasteiger partial charge in [0.05, 0.1) is 12.1 Å². The van der Waals surface area contributed by atoms with E-state index < -0.39 is 17.7 Å². The summed E-state index contributed by atoms with van der Waals surface area (Å²) in [6, 6.07) is 13.8. The van der Waals surface area contributed by atoms with Gasteiger partial charge in [-0.3, -0.25) is 9.69 Å². The number of hydrogen-bond acceptors (Lipinski definition) is 5. The smallest absolute Gasteiger partial charge is 0.416 e. The second kappa shape index (κ2) is 10.1. The van der Waals surface area contributed by atoms with E-state index in [-0.39, 0.29) is 17.5 Å². The Bertz CT molecular complexity index is 1210. The molecule has 1 aromatic heterocycles. The lowest BCUT2D eigenvalue weighted by Crippen LogP contribution is -2.47. The molecule has 2 heterocycles. The van der Waals surface area contributed by atoms with Crippen molar-refractivity contribution < 1.29 is 32.3 Å². The normalized spacial score (nSPS) is 15.3. The largest absolute Gasteiger partial charge is 0.476 e. The van der Waals surface area contributed by atoms with Crippen molar-refractivity contribution >= 4 is 17.4 Å². The van der Waals surface area contributed by atoms with Crippen molar-refractivity contribution in [1.29, 1.82) is 0 Å². The molecule has 1 saturated heterocycles. The summed E-state index contributed by atoms with van der Waals surface area (Å²) in [5, 5.41) is 8.95. The predicted molar refractivity (Wildman–Crippen MR) is 120 cm³/mol. The van der Waals surface area contributed by atoms with E-state index in [9.17, 15) is 22.8 Å². The van der Waals surface area contributed by atoms with Crippen LogP contribution in [0.1, 0.15) is 33.1 Å². The Morgan fingerprint density at radius 1 is 0.971 bits per heavy atom. The highest BCUT2D eigenvalue weighted by Gasteiger charge is 2.30. The molecule has 0 atom stereocenters. The highest BCUT2D eigenvalue weighted by molar-refractivity contribution is 5.99. The van der Waals surface area contributed by atoms with Crippen LogP contribution in [-0.4, -0.2) is 57.9 Å². The van der Waals surface area contributed by atoms with Crippen molar-refractivity contribution in [2.45, 2.75) is 12.7 Å². The number of carbonyl (C=O) groups excluding carboxylic acids is 1. The first-order valence-corrected chi connectivity index (χ1v) is 10.8. The van der Waals surface area contributed by atoms with Crippen molar-refractivity contribution in [1.82, 2.24) is 14.8 Å². The van der Waals surface area contributed by atoms with E-state index in [0.717, 1.165) is 24.0 Å². The molecule has 182 valence electrons. The van der Waals surface area contributed by atoms with Crippen LogP contribution in [-0.2, 0) is 17.5 Å². The summed E-state index contributed by atoms with van der Waals surface area (Å²) in [5.74, 6) is -1.12. The molecule has 3 aromatic rings. The third-order valence-electron chi connectivity index (χ3n) is 5.69. The van der Waals surface area contributed by atoms with Crippen LogP contribution in [0.25, 0.3) is 5.57 Å². The summed E-state index contributed by atoms with van der Waals surface area (Å²) in [4.78, 5) is 31.6. The molecule has 1 N–H and O–H groups in total. The molecule has 1 aliphatic rings. The number of halogens is 3. The lowest BCUT2D eigenvalue weighted by molar-refractivity contribution is -0.137. The van der Waals surface area contributed by atoms with Crippen molar-refractivity contribution in [3.8, 4) is 0 Å². The minimum absolute atomic E-state index is 0.157. The van der Waals surface area contributed by atoms with Gasteiger partial charge in [-0.1, -0.05) is 42.5 Å². The fourth-order valence-corrected chi connectivity index (χ4v) is 3.80. The van der Waals surface area contributed by atoms with Crippen LogP contribution in [0.4, 0.5) is 13.2 Å². The van der Waals surface area contributed by atoms with Gasteiger partial charge in [-0.05, 0) is 28.8 Å². The number of hydrogen-bond donors (Lipinski definition) is 1. The summed E-state index contributed by atoms with van der Waals surface area (Å²) in [6.07, 6.45) is -1.89. The van der Waals surface area contributed by atoms with Crippen molar-refractivity contribution in [3.63, 3.8) is 0 Å². The molecular weight excluding hydrogens is 463 g/mol. The topological polar surface area (TPSA) is 86.9 Å². The molecule has 1 fully saturated rings. The number of nitrogens with zero attached hydrogens (tertiary/aromatic N) is 3. The lowest BCUT2D eigenvalue weighted by atomic mass is 9.96. The molecule has 1 amide bonds. The van der Waals surface area contributed by atoms with Crippen LogP contribution in [0.5, 0.6) is 0 Å². The van der Waals surface area contributed by atoms with Crippen LogP contribution < -0.4 is 0 Å². The maximum absolute atomic E-state index is 13.1. The van der Waals surface area contributed by atoms with E-state index in [1.165, 1.54) is 18.2 Å². The van der Waals surface area contributed by atoms with E-state index in [0.29, 0.717) is 43.9 Å². The second-order valence-electron chi connectivity index (χ2n) is 8.03. The number of amides is 1. The highest BCUT2D eigenvalue weighted by Crippen LogP contribution is 2.31. The summed E-state index contributed by atoms with van der Waals surface area (Å²) >= 11 is 0. The number of benzene rings is 2. The molecular formula is C25H22F3N3O4. The van der Waals surface area contributed by atoms with Gasteiger partial charge in [0.15, 0.2) is 5.69 Å². The van der Waals surface area contributed by atoms with Crippen LogP contribution in [0, 0.1) is 0 Å². The van der Waals surface area contributed by atoms with E-state index in [2.05, 4.69) is 4.98 Å². The SMILES string of the molecule is O=C(O)c1coc(CN2CCN(C(=O)/C=C(\c3ccccc3)c3ccc(C(F)(F)F)cc3)CC2)n1. The third-order valence-corrected chi connectivity index (χ3v) is 5.69. The Balaban J connectivity index is 1.47. The Hall–Kier alpha value is -3.92. The van der Waals surface area contributed by atoms with Crippen LogP contribution in [0.15, 0.2) is 71.4 Å². The van der Waals surface area contributed by atoms with Gasteiger partial charge in [-0.25, -0.2) is 9.78 Å². The molecule has 4 rings (SSSR count). The number of aromatic carboxylic acids is 1. The minimum Gasteiger partial charge on any atom is -0.476 e. The van der Waals surface area contributed by atoms with Gasteiger partial charge in [-0.2, -0.15) is 13.2 Å². The van der Waals surface area contributed by atoms with E-state index in [1.54, 1.807) is 29.2 Å².